The molecule has 1 aromatic heterocycles. The molecule has 0 atom stereocenters. The molecule has 0 amide bonds. The fraction of sp³-hybridized carbons (Fsp3) is 0.231. The third-order valence-corrected chi connectivity index (χ3v) is 3.36. The van der Waals surface area contributed by atoms with Crippen molar-refractivity contribution in [2.45, 2.75) is 11.8 Å². The predicted molar refractivity (Wildman–Crippen MR) is 79.5 cm³/mol. The van der Waals surface area contributed by atoms with E-state index in [1.54, 1.807) is 11.8 Å². The molecule has 0 saturated carbocycles. The van der Waals surface area contributed by atoms with Gasteiger partial charge in [-0.25, -0.2) is 4.98 Å². The maximum absolute atomic E-state index is 6.06. The highest BCUT2D eigenvalue weighted by Crippen LogP contribution is 2.33. The molecule has 6 heteroatoms. The van der Waals surface area contributed by atoms with Gasteiger partial charge in [-0.05, 0) is 25.3 Å². The lowest BCUT2D eigenvalue weighted by atomic mass is 10.3. The first-order valence-electron chi connectivity index (χ1n) is 5.82. The van der Waals surface area contributed by atoms with Crippen LogP contribution in [0.25, 0.3) is 0 Å². The first-order valence-corrected chi connectivity index (χ1v) is 7.42. The van der Waals surface area contributed by atoms with Crippen molar-refractivity contribution in [3.63, 3.8) is 0 Å². The second-order valence-corrected chi connectivity index (χ2v) is 4.89. The molecule has 19 heavy (non-hydrogen) atoms. The van der Waals surface area contributed by atoms with E-state index in [0.29, 0.717) is 16.9 Å². The van der Waals surface area contributed by atoms with E-state index in [2.05, 4.69) is 15.3 Å². The number of thioether (sulfide) groups is 1. The Morgan fingerprint density at radius 3 is 2.89 bits per heavy atom. The van der Waals surface area contributed by atoms with Gasteiger partial charge in [-0.2, -0.15) is 4.98 Å². The van der Waals surface area contributed by atoms with Crippen molar-refractivity contribution >= 4 is 29.3 Å². The van der Waals surface area contributed by atoms with Crippen LogP contribution in [0.5, 0.6) is 11.6 Å². The van der Waals surface area contributed by atoms with Crippen LogP contribution in [-0.4, -0.2) is 22.8 Å². The second kappa shape index (κ2) is 6.63. The van der Waals surface area contributed by atoms with Crippen LogP contribution in [0, 0.1) is 0 Å². The van der Waals surface area contributed by atoms with Gasteiger partial charge in [-0.1, -0.05) is 23.7 Å². The molecule has 0 radical (unpaired) electrons. The third-order valence-electron chi connectivity index (χ3n) is 2.32. The predicted octanol–water partition coefficient (Wildman–Crippen LogP) is 4.08. The maximum atomic E-state index is 6.06. The smallest absolute Gasteiger partial charge is 0.243 e. The van der Waals surface area contributed by atoms with E-state index >= 15 is 0 Å². The van der Waals surface area contributed by atoms with E-state index < -0.39 is 0 Å². The lowest BCUT2D eigenvalue weighted by Crippen LogP contribution is -2.03. The Hall–Kier alpha value is -1.46. The monoisotopic (exact) mass is 295 g/mol. The number of hydrogen-bond donors (Lipinski definition) is 1. The fourth-order valence-electron chi connectivity index (χ4n) is 1.47. The molecule has 0 fully saturated rings. The van der Waals surface area contributed by atoms with Crippen LogP contribution in [0.1, 0.15) is 6.92 Å². The Morgan fingerprint density at radius 2 is 2.16 bits per heavy atom. The van der Waals surface area contributed by atoms with E-state index in [-0.39, 0.29) is 0 Å². The SMILES string of the molecule is CCNc1ncc(Cl)c(Oc2ccccc2SC)n1. The second-order valence-electron chi connectivity index (χ2n) is 3.63. The minimum Gasteiger partial charge on any atom is -0.436 e. The normalized spacial score (nSPS) is 10.3. The molecule has 0 bridgehead atoms. The first-order chi connectivity index (χ1) is 9.24. The average Bonchev–Trinajstić information content (AvgIpc) is 2.43. The van der Waals surface area contributed by atoms with Gasteiger partial charge in [0.05, 0.1) is 6.20 Å². The molecule has 0 aliphatic carbocycles. The fourth-order valence-corrected chi connectivity index (χ4v) is 2.13. The summed E-state index contributed by atoms with van der Waals surface area (Å²) in [6, 6.07) is 7.75. The highest BCUT2D eigenvalue weighted by molar-refractivity contribution is 7.98. The molecular weight excluding hydrogens is 282 g/mol. The summed E-state index contributed by atoms with van der Waals surface area (Å²) in [7, 11) is 0. The van der Waals surface area contributed by atoms with E-state index in [1.807, 2.05) is 37.4 Å². The number of benzene rings is 1. The van der Waals surface area contributed by atoms with Crippen LogP contribution in [-0.2, 0) is 0 Å². The van der Waals surface area contributed by atoms with Crippen molar-refractivity contribution in [1.29, 1.82) is 0 Å². The van der Waals surface area contributed by atoms with Crippen LogP contribution >= 0.6 is 23.4 Å². The molecule has 0 spiro atoms. The number of nitrogens with zero attached hydrogens (tertiary/aromatic N) is 2. The Morgan fingerprint density at radius 1 is 1.37 bits per heavy atom. The zero-order valence-electron chi connectivity index (χ0n) is 10.7. The standard InChI is InChI=1S/C13H14ClN3OS/c1-3-15-13-16-8-9(14)12(17-13)18-10-6-4-5-7-11(10)19-2/h4-8H,3H2,1-2H3,(H,15,16,17). The molecule has 2 rings (SSSR count). The highest BCUT2D eigenvalue weighted by Gasteiger charge is 2.10. The topological polar surface area (TPSA) is 47.0 Å². The van der Waals surface area contributed by atoms with E-state index in [4.69, 9.17) is 16.3 Å². The van der Waals surface area contributed by atoms with E-state index in [0.717, 1.165) is 17.2 Å². The van der Waals surface area contributed by atoms with Gasteiger partial charge in [-0.15, -0.1) is 11.8 Å². The molecule has 100 valence electrons. The lowest BCUT2D eigenvalue weighted by Gasteiger charge is -2.10. The average molecular weight is 296 g/mol. The van der Waals surface area contributed by atoms with Crippen LogP contribution in [0.4, 0.5) is 5.95 Å². The minimum atomic E-state index is 0.356. The Bertz CT molecular complexity index is 565. The highest BCUT2D eigenvalue weighted by atomic mass is 35.5. The Balaban J connectivity index is 2.29. The van der Waals surface area contributed by atoms with Gasteiger partial charge < -0.3 is 10.1 Å². The molecule has 2 aromatic rings. The molecule has 0 aliphatic heterocycles. The van der Waals surface area contributed by atoms with Gasteiger partial charge in [0.15, 0.2) is 0 Å². The van der Waals surface area contributed by atoms with Crippen molar-refractivity contribution in [1.82, 2.24) is 9.97 Å². The van der Waals surface area contributed by atoms with E-state index in [1.165, 1.54) is 6.20 Å². The van der Waals surface area contributed by atoms with Gasteiger partial charge in [0.2, 0.25) is 11.8 Å². The summed E-state index contributed by atoms with van der Waals surface area (Å²) in [6.45, 7) is 2.71. The molecule has 4 nitrogen and oxygen atoms in total. The number of nitrogens with one attached hydrogen (secondary N) is 1. The summed E-state index contributed by atoms with van der Waals surface area (Å²) >= 11 is 7.67. The van der Waals surface area contributed by atoms with Crippen molar-refractivity contribution < 1.29 is 4.74 Å². The van der Waals surface area contributed by atoms with Crippen molar-refractivity contribution in [3.05, 3.63) is 35.5 Å². The minimum absolute atomic E-state index is 0.356. The van der Waals surface area contributed by atoms with Gasteiger partial charge >= 0.3 is 0 Å². The largest absolute Gasteiger partial charge is 0.436 e. The summed E-state index contributed by atoms with van der Waals surface area (Å²) in [5.74, 6) is 1.59. The quantitative estimate of drug-likeness (QED) is 0.842. The van der Waals surface area contributed by atoms with Crippen molar-refractivity contribution in [2.24, 2.45) is 0 Å². The number of hydrogen-bond acceptors (Lipinski definition) is 5. The number of anilines is 1. The number of aromatic nitrogens is 2. The van der Waals surface area contributed by atoms with Gasteiger partial charge in [0.1, 0.15) is 10.8 Å². The number of rotatable bonds is 5. The maximum Gasteiger partial charge on any atom is 0.243 e. The summed E-state index contributed by atoms with van der Waals surface area (Å²) in [5.41, 5.74) is 0. The molecule has 1 heterocycles. The summed E-state index contributed by atoms with van der Waals surface area (Å²) < 4.78 is 5.77. The summed E-state index contributed by atoms with van der Waals surface area (Å²) in [5, 5.41) is 3.41. The zero-order valence-corrected chi connectivity index (χ0v) is 12.3. The molecule has 1 aromatic carbocycles. The molecule has 0 aliphatic rings. The molecule has 1 N–H and O–H groups in total. The number of ether oxygens (including phenoxy) is 1. The van der Waals surface area contributed by atoms with Crippen molar-refractivity contribution in [3.8, 4) is 11.6 Å². The number of para-hydroxylation sites is 1. The van der Waals surface area contributed by atoms with Crippen LogP contribution in [0.3, 0.4) is 0 Å². The summed E-state index contributed by atoms with van der Waals surface area (Å²) in [4.78, 5) is 9.35. The van der Waals surface area contributed by atoms with Gasteiger partial charge in [0.25, 0.3) is 0 Å². The van der Waals surface area contributed by atoms with Gasteiger partial charge in [-0.3, -0.25) is 0 Å². The first kappa shape index (κ1) is 14.0. The Labute approximate surface area is 121 Å². The van der Waals surface area contributed by atoms with Gasteiger partial charge in [0, 0.05) is 11.4 Å². The van der Waals surface area contributed by atoms with E-state index in [9.17, 15) is 0 Å². The summed E-state index contributed by atoms with van der Waals surface area (Å²) in [6.07, 6.45) is 3.53. The third kappa shape index (κ3) is 3.52. The molecular formula is C13H14ClN3OS. The van der Waals surface area contributed by atoms with Crippen LogP contribution < -0.4 is 10.1 Å². The van der Waals surface area contributed by atoms with Crippen molar-refractivity contribution in [2.75, 3.05) is 18.1 Å². The number of halogens is 1. The molecule has 0 unspecified atom stereocenters. The molecule has 0 saturated heterocycles. The lowest BCUT2D eigenvalue weighted by molar-refractivity contribution is 0.452. The zero-order chi connectivity index (χ0) is 13.7. The Kier molecular flexibility index (Phi) is 4.87. The van der Waals surface area contributed by atoms with Crippen LogP contribution in [0.2, 0.25) is 5.02 Å². The van der Waals surface area contributed by atoms with Crippen LogP contribution in [0.15, 0.2) is 35.4 Å².